The molecule has 0 aliphatic carbocycles. The second kappa shape index (κ2) is 10.5. The van der Waals surface area contributed by atoms with Crippen molar-refractivity contribution in [1.29, 1.82) is 0 Å². The molecule has 0 aliphatic rings. The lowest BCUT2D eigenvalue weighted by Crippen LogP contribution is -2.22. The van der Waals surface area contributed by atoms with E-state index in [4.69, 9.17) is 5.10 Å². The number of amides is 1. The summed E-state index contributed by atoms with van der Waals surface area (Å²) in [6.45, 7) is 5.45. The van der Waals surface area contributed by atoms with Crippen molar-refractivity contribution in [2.45, 2.75) is 26.9 Å². The first-order valence-electron chi connectivity index (χ1n) is 13.2. The minimum absolute atomic E-state index is 0.101. The third kappa shape index (κ3) is 4.87. The SMILES string of the molecule is Cc1c(C)n(Cc2ccccc2)c2ccc(C(=O)NCc3cn(-c4ccccc4)nc3-c3ccccc3)cc12. The van der Waals surface area contributed by atoms with Crippen LogP contribution < -0.4 is 5.32 Å². The molecule has 6 aromatic rings. The van der Waals surface area contributed by atoms with E-state index in [0.29, 0.717) is 12.1 Å². The summed E-state index contributed by atoms with van der Waals surface area (Å²) in [6.07, 6.45) is 2.00. The number of nitrogens with zero attached hydrogens (tertiary/aromatic N) is 3. The largest absolute Gasteiger partial charge is 0.348 e. The topological polar surface area (TPSA) is 51.9 Å². The van der Waals surface area contributed by atoms with Gasteiger partial charge in [0.1, 0.15) is 0 Å². The first-order valence-corrected chi connectivity index (χ1v) is 13.2. The Morgan fingerprint density at radius 1 is 0.821 bits per heavy atom. The second-order valence-electron chi connectivity index (χ2n) is 9.85. The van der Waals surface area contributed by atoms with Crippen LogP contribution in [0.5, 0.6) is 0 Å². The number of hydrogen-bond donors (Lipinski definition) is 1. The number of fused-ring (bicyclic) bond motifs is 1. The molecule has 0 spiro atoms. The number of rotatable bonds is 7. The Bertz CT molecular complexity index is 1750. The van der Waals surface area contributed by atoms with E-state index in [0.717, 1.165) is 40.0 Å². The van der Waals surface area contributed by atoms with Crippen LogP contribution in [0.2, 0.25) is 0 Å². The van der Waals surface area contributed by atoms with E-state index < -0.39 is 0 Å². The Labute approximate surface area is 228 Å². The number of aromatic nitrogens is 3. The molecule has 4 aromatic carbocycles. The molecular weight excluding hydrogens is 480 g/mol. The summed E-state index contributed by atoms with van der Waals surface area (Å²) in [5.74, 6) is -0.101. The fraction of sp³-hybridized carbons (Fsp3) is 0.118. The Morgan fingerprint density at radius 2 is 1.49 bits per heavy atom. The van der Waals surface area contributed by atoms with E-state index in [1.165, 1.54) is 16.8 Å². The van der Waals surface area contributed by atoms with Crippen LogP contribution in [0.4, 0.5) is 0 Å². The van der Waals surface area contributed by atoms with Crippen LogP contribution in [0.3, 0.4) is 0 Å². The summed E-state index contributed by atoms with van der Waals surface area (Å²) in [5, 5.41) is 9.11. The number of hydrogen-bond acceptors (Lipinski definition) is 2. The second-order valence-corrected chi connectivity index (χ2v) is 9.85. The van der Waals surface area contributed by atoms with Crippen molar-refractivity contribution in [1.82, 2.24) is 19.7 Å². The van der Waals surface area contributed by atoms with Gasteiger partial charge in [0.2, 0.25) is 0 Å². The third-order valence-corrected chi connectivity index (χ3v) is 7.38. The summed E-state index contributed by atoms with van der Waals surface area (Å²) >= 11 is 0. The van der Waals surface area contributed by atoms with Gasteiger partial charge in [-0.2, -0.15) is 5.10 Å². The van der Waals surface area contributed by atoms with Gasteiger partial charge in [0.25, 0.3) is 5.91 Å². The van der Waals surface area contributed by atoms with Gasteiger partial charge < -0.3 is 9.88 Å². The zero-order valence-corrected chi connectivity index (χ0v) is 22.1. The molecule has 0 unspecified atom stereocenters. The van der Waals surface area contributed by atoms with Gasteiger partial charge in [0.05, 0.1) is 11.4 Å². The average Bonchev–Trinajstić information content (AvgIpc) is 3.52. The standard InChI is InChI=1S/C34H30N4O/c1-24-25(2)37(22-26-12-6-3-7-13-26)32-19-18-28(20-31(24)32)34(39)35-21-29-23-38(30-16-10-5-11-17-30)36-33(29)27-14-8-4-9-15-27/h3-20,23H,21-22H2,1-2H3,(H,35,39). The van der Waals surface area contributed by atoms with Crippen molar-refractivity contribution in [3.63, 3.8) is 0 Å². The quantitative estimate of drug-likeness (QED) is 0.249. The number of nitrogens with one attached hydrogen (secondary N) is 1. The first-order chi connectivity index (χ1) is 19.1. The van der Waals surface area contributed by atoms with Gasteiger partial charge in [-0.1, -0.05) is 78.9 Å². The van der Waals surface area contributed by atoms with Gasteiger partial charge in [0.15, 0.2) is 0 Å². The number of carbonyl (C=O) groups excluding carboxylic acids is 1. The summed E-state index contributed by atoms with van der Waals surface area (Å²) in [7, 11) is 0. The summed E-state index contributed by atoms with van der Waals surface area (Å²) in [5.41, 5.74) is 9.27. The fourth-order valence-corrected chi connectivity index (χ4v) is 5.13. The maximum atomic E-state index is 13.3. The summed E-state index contributed by atoms with van der Waals surface area (Å²) < 4.78 is 4.20. The molecule has 192 valence electrons. The predicted octanol–water partition coefficient (Wildman–Crippen LogP) is 7.09. The molecule has 0 saturated carbocycles. The van der Waals surface area contributed by atoms with Crippen molar-refractivity contribution in [3.05, 3.63) is 143 Å². The molecule has 5 heteroatoms. The average molecular weight is 511 g/mol. The highest BCUT2D eigenvalue weighted by atomic mass is 16.1. The van der Waals surface area contributed by atoms with Gasteiger partial charge in [-0.15, -0.1) is 0 Å². The highest BCUT2D eigenvalue weighted by molar-refractivity contribution is 5.99. The number of aryl methyl sites for hydroxylation is 1. The minimum Gasteiger partial charge on any atom is -0.348 e. The molecule has 0 atom stereocenters. The van der Waals surface area contributed by atoms with Crippen molar-refractivity contribution < 1.29 is 4.79 Å². The monoisotopic (exact) mass is 510 g/mol. The van der Waals surface area contributed by atoms with Crippen molar-refractivity contribution in [2.75, 3.05) is 0 Å². The molecule has 0 saturated heterocycles. The van der Waals surface area contributed by atoms with E-state index in [9.17, 15) is 4.79 Å². The molecular formula is C34H30N4O. The zero-order chi connectivity index (χ0) is 26.8. The van der Waals surface area contributed by atoms with Gasteiger partial charge >= 0.3 is 0 Å². The maximum absolute atomic E-state index is 13.3. The zero-order valence-electron chi connectivity index (χ0n) is 22.1. The minimum atomic E-state index is -0.101. The molecule has 0 aliphatic heterocycles. The number of para-hydroxylation sites is 1. The van der Waals surface area contributed by atoms with Crippen LogP contribution in [0.1, 0.15) is 32.7 Å². The Morgan fingerprint density at radius 3 is 2.21 bits per heavy atom. The van der Waals surface area contributed by atoms with Crippen molar-refractivity contribution >= 4 is 16.8 Å². The van der Waals surface area contributed by atoms with E-state index in [1.54, 1.807) is 0 Å². The van der Waals surface area contributed by atoms with Gasteiger partial charge in [-0.3, -0.25) is 4.79 Å². The summed E-state index contributed by atoms with van der Waals surface area (Å²) in [6, 6.07) is 36.6. The Hall–Kier alpha value is -4.90. The number of carbonyl (C=O) groups is 1. The van der Waals surface area contributed by atoms with Gasteiger partial charge in [0, 0.05) is 52.6 Å². The highest BCUT2D eigenvalue weighted by Gasteiger charge is 2.16. The lowest BCUT2D eigenvalue weighted by atomic mass is 10.1. The van der Waals surface area contributed by atoms with E-state index >= 15 is 0 Å². The first kappa shape index (κ1) is 24.4. The summed E-state index contributed by atoms with van der Waals surface area (Å²) in [4.78, 5) is 13.3. The van der Waals surface area contributed by atoms with Gasteiger partial charge in [-0.05, 0) is 55.3 Å². The van der Waals surface area contributed by atoms with Crippen LogP contribution in [0.25, 0.3) is 27.8 Å². The maximum Gasteiger partial charge on any atom is 0.251 e. The predicted molar refractivity (Wildman–Crippen MR) is 157 cm³/mol. The lowest BCUT2D eigenvalue weighted by molar-refractivity contribution is 0.0951. The third-order valence-electron chi connectivity index (χ3n) is 7.38. The van der Waals surface area contributed by atoms with E-state index in [-0.39, 0.29) is 5.91 Å². The van der Waals surface area contributed by atoms with Crippen LogP contribution in [-0.4, -0.2) is 20.3 Å². The smallest absolute Gasteiger partial charge is 0.251 e. The molecule has 5 nitrogen and oxygen atoms in total. The lowest BCUT2D eigenvalue weighted by Gasteiger charge is -2.09. The van der Waals surface area contributed by atoms with Gasteiger partial charge in [-0.25, -0.2) is 4.68 Å². The van der Waals surface area contributed by atoms with Crippen LogP contribution >= 0.6 is 0 Å². The Kier molecular flexibility index (Phi) is 6.55. The van der Waals surface area contributed by atoms with Crippen molar-refractivity contribution in [3.8, 4) is 16.9 Å². The number of benzene rings is 4. The highest BCUT2D eigenvalue weighted by Crippen LogP contribution is 2.28. The van der Waals surface area contributed by atoms with Crippen LogP contribution in [0.15, 0.2) is 115 Å². The fourth-order valence-electron chi connectivity index (χ4n) is 5.13. The molecule has 0 radical (unpaired) electrons. The van der Waals surface area contributed by atoms with Crippen LogP contribution in [0, 0.1) is 13.8 Å². The van der Waals surface area contributed by atoms with E-state index in [2.05, 4.69) is 54.1 Å². The molecule has 0 fully saturated rings. The molecule has 1 N–H and O–H groups in total. The molecule has 0 bridgehead atoms. The van der Waals surface area contributed by atoms with Crippen LogP contribution in [-0.2, 0) is 13.1 Å². The Balaban J connectivity index is 1.27. The molecule has 2 heterocycles. The van der Waals surface area contributed by atoms with Crippen molar-refractivity contribution in [2.24, 2.45) is 0 Å². The normalized spacial score (nSPS) is 11.1. The molecule has 39 heavy (non-hydrogen) atoms. The molecule has 2 aromatic heterocycles. The molecule has 1 amide bonds. The van der Waals surface area contributed by atoms with E-state index in [1.807, 2.05) is 89.7 Å². The molecule has 6 rings (SSSR count).